The fraction of sp³-hybridized carbons (Fsp3) is 0.682. The molecule has 0 aromatic carbocycles. The molecule has 2 heterocycles. The van der Waals surface area contributed by atoms with E-state index in [9.17, 15) is 19.5 Å². The molecular formula is C22H33NO7. The molecule has 0 unspecified atom stereocenters. The first-order valence-electron chi connectivity index (χ1n) is 10.4. The molecule has 0 aliphatic carbocycles. The molecule has 0 aromatic rings. The van der Waals surface area contributed by atoms with Crippen LogP contribution in [0.3, 0.4) is 0 Å². The van der Waals surface area contributed by atoms with Crippen molar-refractivity contribution in [3.8, 4) is 0 Å². The Morgan fingerprint density at radius 2 is 1.97 bits per heavy atom. The van der Waals surface area contributed by atoms with Crippen LogP contribution in [-0.2, 0) is 28.6 Å². The van der Waals surface area contributed by atoms with Gasteiger partial charge in [-0.15, -0.1) is 0 Å². The summed E-state index contributed by atoms with van der Waals surface area (Å²) in [5, 5.41) is 11.1. The minimum Gasteiger partial charge on any atom is -0.460 e. The zero-order chi connectivity index (χ0) is 22.6. The molecule has 2 rings (SSSR count). The molecule has 1 fully saturated rings. The highest BCUT2D eigenvalue weighted by molar-refractivity contribution is 5.88. The maximum absolute atomic E-state index is 12.9. The highest BCUT2D eigenvalue weighted by atomic mass is 16.6. The number of nitrogens with zero attached hydrogens (tertiary/aromatic N) is 1. The molecule has 0 amide bonds. The van der Waals surface area contributed by atoms with Crippen molar-refractivity contribution in [2.75, 3.05) is 19.7 Å². The number of ether oxygens (including phenoxy) is 3. The molecule has 4 atom stereocenters. The van der Waals surface area contributed by atoms with Gasteiger partial charge in [0, 0.05) is 25.6 Å². The summed E-state index contributed by atoms with van der Waals surface area (Å²) in [7, 11) is 0. The number of fused-ring (bicyclic) bond motifs is 1. The van der Waals surface area contributed by atoms with Gasteiger partial charge >= 0.3 is 17.9 Å². The fourth-order valence-corrected chi connectivity index (χ4v) is 3.94. The van der Waals surface area contributed by atoms with Gasteiger partial charge < -0.3 is 19.3 Å². The SMILES string of the molecule is C/C=C(\C)C(=O)O[C@@H](C)[C@](O)(C(=O)OCC1=CCN2CC[C@@H](OC(C)=O)[C@@H]12)C(C)C. The smallest absolute Gasteiger partial charge is 0.342 e. The monoisotopic (exact) mass is 423 g/mol. The maximum Gasteiger partial charge on any atom is 0.342 e. The van der Waals surface area contributed by atoms with E-state index in [-0.39, 0.29) is 24.7 Å². The Hall–Kier alpha value is -2.19. The molecule has 8 heteroatoms. The summed E-state index contributed by atoms with van der Waals surface area (Å²) in [5.41, 5.74) is -0.768. The number of esters is 3. The lowest BCUT2D eigenvalue weighted by molar-refractivity contribution is -0.191. The third-order valence-electron chi connectivity index (χ3n) is 5.97. The lowest BCUT2D eigenvalue weighted by atomic mass is 9.85. The molecule has 1 saturated heterocycles. The van der Waals surface area contributed by atoms with Gasteiger partial charge in [0.15, 0.2) is 0 Å². The van der Waals surface area contributed by atoms with Crippen molar-refractivity contribution in [1.82, 2.24) is 4.90 Å². The normalized spacial score (nSPS) is 24.7. The third-order valence-corrected chi connectivity index (χ3v) is 5.97. The van der Waals surface area contributed by atoms with Gasteiger partial charge in [-0.2, -0.15) is 0 Å². The summed E-state index contributed by atoms with van der Waals surface area (Å²) in [6, 6.07) is -0.124. The molecule has 0 saturated carbocycles. The lowest BCUT2D eigenvalue weighted by Gasteiger charge is -2.35. The average molecular weight is 424 g/mol. The summed E-state index contributed by atoms with van der Waals surface area (Å²) in [6.07, 6.45) is 2.91. The van der Waals surface area contributed by atoms with Crippen LogP contribution in [0.4, 0.5) is 0 Å². The molecular weight excluding hydrogens is 390 g/mol. The molecule has 1 N–H and O–H groups in total. The van der Waals surface area contributed by atoms with E-state index in [2.05, 4.69) is 4.90 Å². The summed E-state index contributed by atoms with van der Waals surface area (Å²) >= 11 is 0. The molecule has 2 aliphatic heterocycles. The van der Waals surface area contributed by atoms with E-state index < -0.39 is 29.6 Å². The Morgan fingerprint density at radius 3 is 2.53 bits per heavy atom. The van der Waals surface area contributed by atoms with E-state index in [1.807, 2.05) is 6.08 Å². The quantitative estimate of drug-likeness (QED) is 0.273. The molecule has 0 aromatic heterocycles. The van der Waals surface area contributed by atoms with Crippen molar-refractivity contribution >= 4 is 17.9 Å². The van der Waals surface area contributed by atoms with Crippen molar-refractivity contribution in [3.63, 3.8) is 0 Å². The molecule has 0 bridgehead atoms. The largest absolute Gasteiger partial charge is 0.460 e. The first-order chi connectivity index (χ1) is 14.0. The van der Waals surface area contributed by atoms with Crippen molar-refractivity contribution in [1.29, 1.82) is 0 Å². The standard InChI is InChI=1S/C22H33NO7/c1-7-14(4)20(25)29-15(5)22(27,13(2)3)21(26)28-12-17-8-10-23-11-9-18(19(17)23)30-16(6)24/h7-8,13,15,18-19,27H,9-12H2,1-6H3/b14-7+/t15-,18+,19+,22-/m0/s1. The minimum absolute atomic E-state index is 0.0264. The van der Waals surface area contributed by atoms with Gasteiger partial charge in [0.1, 0.15) is 18.8 Å². The van der Waals surface area contributed by atoms with Gasteiger partial charge in [0.25, 0.3) is 0 Å². The van der Waals surface area contributed by atoms with Crippen molar-refractivity contribution in [3.05, 3.63) is 23.3 Å². The molecule has 8 nitrogen and oxygen atoms in total. The van der Waals surface area contributed by atoms with Crippen LogP contribution < -0.4 is 0 Å². The van der Waals surface area contributed by atoms with Gasteiger partial charge in [0.2, 0.25) is 5.60 Å². The topological polar surface area (TPSA) is 102 Å². The van der Waals surface area contributed by atoms with Crippen LogP contribution in [0.2, 0.25) is 0 Å². The fourth-order valence-electron chi connectivity index (χ4n) is 3.94. The number of aliphatic hydroxyl groups is 1. The number of hydrogen-bond donors (Lipinski definition) is 1. The van der Waals surface area contributed by atoms with Crippen LogP contribution in [0.25, 0.3) is 0 Å². The molecule has 0 spiro atoms. The zero-order valence-corrected chi connectivity index (χ0v) is 18.6. The molecule has 168 valence electrons. The summed E-state index contributed by atoms with van der Waals surface area (Å²) in [6.45, 7) is 11.0. The Morgan fingerprint density at radius 1 is 1.30 bits per heavy atom. The Balaban J connectivity index is 2.06. The highest BCUT2D eigenvalue weighted by Gasteiger charge is 2.49. The minimum atomic E-state index is -1.99. The van der Waals surface area contributed by atoms with Crippen molar-refractivity contribution in [2.45, 2.75) is 71.8 Å². The van der Waals surface area contributed by atoms with E-state index in [4.69, 9.17) is 14.2 Å². The lowest BCUT2D eigenvalue weighted by Crippen LogP contribution is -2.55. The molecule has 0 radical (unpaired) electrons. The highest BCUT2D eigenvalue weighted by Crippen LogP contribution is 2.32. The first-order valence-corrected chi connectivity index (χ1v) is 10.4. The van der Waals surface area contributed by atoms with E-state index in [0.29, 0.717) is 12.1 Å². The maximum atomic E-state index is 12.9. The molecule has 2 aliphatic rings. The van der Waals surface area contributed by atoms with Gasteiger partial charge in [-0.25, -0.2) is 9.59 Å². The zero-order valence-electron chi connectivity index (χ0n) is 18.6. The predicted molar refractivity (Wildman–Crippen MR) is 109 cm³/mol. The number of rotatable bonds is 8. The number of hydrogen-bond acceptors (Lipinski definition) is 8. The summed E-state index contributed by atoms with van der Waals surface area (Å²) in [4.78, 5) is 38.5. The Bertz CT molecular complexity index is 742. The van der Waals surface area contributed by atoms with Gasteiger partial charge in [-0.1, -0.05) is 26.0 Å². The molecule has 30 heavy (non-hydrogen) atoms. The predicted octanol–water partition coefficient (Wildman–Crippen LogP) is 1.76. The van der Waals surface area contributed by atoms with Crippen LogP contribution in [0.1, 0.15) is 48.0 Å². The van der Waals surface area contributed by atoms with Gasteiger partial charge in [-0.3, -0.25) is 9.69 Å². The second-order valence-electron chi connectivity index (χ2n) is 8.23. The van der Waals surface area contributed by atoms with Crippen LogP contribution >= 0.6 is 0 Å². The Kier molecular flexibility index (Phi) is 7.82. The Labute approximate surface area is 177 Å². The number of allylic oxidation sites excluding steroid dienone is 1. The number of carbonyl (C=O) groups excluding carboxylic acids is 3. The average Bonchev–Trinajstić information content (AvgIpc) is 3.26. The summed E-state index contributed by atoms with van der Waals surface area (Å²) in [5.74, 6) is -2.34. The third kappa shape index (κ3) is 4.92. The van der Waals surface area contributed by atoms with E-state index in [1.54, 1.807) is 33.8 Å². The number of carbonyl (C=O) groups is 3. The first kappa shape index (κ1) is 24.1. The van der Waals surface area contributed by atoms with Crippen LogP contribution in [0.5, 0.6) is 0 Å². The van der Waals surface area contributed by atoms with E-state index in [0.717, 1.165) is 18.5 Å². The van der Waals surface area contributed by atoms with Crippen LogP contribution in [0.15, 0.2) is 23.3 Å². The van der Waals surface area contributed by atoms with E-state index in [1.165, 1.54) is 13.8 Å². The summed E-state index contributed by atoms with van der Waals surface area (Å²) < 4.78 is 16.2. The second kappa shape index (κ2) is 9.75. The van der Waals surface area contributed by atoms with Crippen LogP contribution in [-0.4, -0.2) is 71.5 Å². The van der Waals surface area contributed by atoms with Gasteiger partial charge in [0.05, 0.1) is 6.04 Å². The second-order valence-corrected chi connectivity index (χ2v) is 8.23. The van der Waals surface area contributed by atoms with Crippen LogP contribution in [0, 0.1) is 5.92 Å². The van der Waals surface area contributed by atoms with Gasteiger partial charge in [-0.05, 0) is 38.7 Å². The van der Waals surface area contributed by atoms with Crippen molar-refractivity contribution in [2.24, 2.45) is 5.92 Å². The van der Waals surface area contributed by atoms with E-state index >= 15 is 0 Å². The van der Waals surface area contributed by atoms with Crippen molar-refractivity contribution < 1.29 is 33.7 Å².